The highest BCUT2D eigenvalue weighted by Crippen LogP contribution is 2.11. The molecule has 0 rings (SSSR count). The second-order valence-corrected chi connectivity index (χ2v) is 13.0. The Hall–Kier alpha value is 0.120. The first-order valence-corrected chi connectivity index (χ1v) is 14.8. The van der Waals surface area contributed by atoms with E-state index in [0.717, 1.165) is 35.0 Å². The molecule has 0 bridgehead atoms. The van der Waals surface area contributed by atoms with Gasteiger partial charge in [-0.05, 0) is 38.6 Å². The molecule has 0 aliphatic rings. The predicted octanol–water partition coefficient (Wildman–Crippen LogP) is -0.532. The van der Waals surface area contributed by atoms with Crippen LogP contribution in [0.25, 0.3) is 0 Å². The van der Waals surface area contributed by atoms with Gasteiger partial charge in [0.1, 0.15) is 25.3 Å². The van der Waals surface area contributed by atoms with Gasteiger partial charge in [0.25, 0.3) is 0 Å². The van der Waals surface area contributed by atoms with E-state index in [9.17, 15) is 10.2 Å². The van der Waals surface area contributed by atoms with Gasteiger partial charge < -0.3 is 44.0 Å². The number of nitrogens with zero attached hydrogens (tertiary/aromatic N) is 3. The Labute approximate surface area is 244 Å². The molecule has 5 nitrogen and oxygen atoms in total. The number of halogens is 2. The zero-order valence-electron chi connectivity index (χ0n) is 25.7. The topological polar surface area (TPSA) is 43.7 Å². The van der Waals surface area contributed by atoms with Crippen molar-refractivity contribution in [1.29, 1.82) is 0 Å². The van der Waals surface area contributed by atoms with Crippen LogP contribution in [0.5, 0.6) is 0 Å². The number of quaternary nitrogens is 2. The van der Waals surface area contributed by atoms with Crippen LogP contribution in [0.1, 0.15) is 96.8 Å². The molecular weight excluding hydrogens is 505 g/mol. The van der Waals surface area contributed by atoms with E-state index in [1.54, 1.807) is 0 Å². The molecule has 226 valence electrons. The molecule has 0 aromatic carbocycles. The van der Waals surface area contributed by atoms with Crippen molar-refractivity contribution in [3.05, 3.63) is 12.2 Å². The van der Waals surface area contributed by atoms with Crippen LogP contribution in [0.4, 0.5) is 0 Å². The molecule has 0 aliphatic heterocycles. The van der Waals surface area contributed by atoms with Crippen LogP contribution in [0.15, 0.2) is 12.2 Å². The van der Waals surface area contributed by atoms with E-state index in [1.807, 2.05) is 0 Å². The fourth-order valence-electron chi connectivity index (χ4n) is 4.82. The SMILES string of the molecule is CCCCCCCCC=CCCCCCCCCN(CC(O)C[N+](C)(C)C)CC(O)C[N+](C)(C)C.[Cl-].[Cl-]. The van der Waals surface area contributed by atoms with Gasteiger partial charge in [0.05, 0.1) is 42.3 Å². The van der Waals surface area contributed by atoms with E-state index in [4.69, 9.17) is 0 Å². The molecule has 2 N–H and O–H groups in total. The molecule has 0 amide bonds. The molecule has 0 saturated carbocycles. The lowest BCUT2D eigenvalue weighted by atomic mass is 10.1. The lowest BCUT2D eigenvalue weighted by Crippen LogP contribution is -3.00. The zero-order chi connectivity index (χ0) is 26.6. The Morgan fingerprint density at radius 3 is 1.30 bits per heavy atom. The summed E-state index contributed by atoms with van der Waals surface area (Å²) >= 11 is 0. The van der Waals surface area contributed by atoms with E-state index < -0.39 is 0 Å². The summed E-state index contributed by atoms with van der Waals surface area (Å²) in [6, 6.07) is 0. The predicted molar refractivity (Wildman–Crippen MR) is 154 cm³/mol. The first kappa shape index (κ1) is 41.6. The lowest BCUT2D eigenvalue weighted by Gasteiger charge is -2.33. The first-order chi connectivity index (χ1) is 16.4. The van der Waals surface area contributed by atoms with Crippen molar-refractivity contribution in [3.8, 4) is 0 Å². The number of hydrogen-bond acceptors (Lipinski definition) is 3. The van der Waals surface area contributed by atoms with Gasteiger partial charge in [0.15, 0.2) is 0 Å². The normalized spacial score (nSPS) is 14.0. The van der Waals surface area contributed by atoms with E-state index in [2.05, 4.69) is 66.3 Å². The number of allylic oxidation sites excluding steroid dienone is 2. The number of unbranched alkanes of at least 4 members (excludes halogenated alkanes) is 12. The van der Waals surface area contributed by atoms with E-state index >= 15 is 0 Å². The second kappa shape index (κ2) is 25.1. The number of rotatable bonds is 24. The Bertz CT molecular complexity index is 484. The number of aliphatic hydroxyl groups is 2. The third-order valence-electron chi connectivity index (χ3n) is 6.44. The summed E-state index contributed by atoms with van der Waals surface area (Å²) in [6.45, 7) is 6.00. The molecule has 37 heavy (non-hydrogen) atoms. The van der Waals surface area contributed by atoms with Gasteiger partial charge in [-0.1, -0.05) is 76.9 Å². The van der Waals surface area contributed by atoms with Crippen LogP contribution in [0, 0.1) is 0 Å². The summed E-state index contributed by atoms with van der Waals surface area (Å²) in [4.78, 5) is 2.29. The number of likely N-dealkylation sites (N-methyl/N-ethyl adjacent to an activating group) is 2. The molecule has 0 heterocycles. The molecular formula is C30H65Cl2N3O2. The standard InChI is InChI=1S/C30H65N3O2.2ClH/c1-8-9-10-11-12-13-14-15-16-17-18-19-20-21-22-23-24-31(25-29(34)27-32(2,3)4)26-30(35)28-33(5,6)7;;/h15-16,29-30,34-35H,8-14,17-28H2,1-7H3;2*1H/q+2;;/p-2. The van der Waals surface area contributed by atoms with Gasteiger partial charge in [0.2, 0.25) is 0 Å². The van der Waals surface area contributed by atoms with Crippen molar-refractivity contribution in [1.82, 2.24) is 4.90 Å². The summed E-state index contributed by atoms with van der Waals surface area (Å²) in [7, 11) is 12.7. The fourth-order valence-corrected chi connectivity index (χ4v) is 4.82. The van der Waals surface area contributed by atoms with Crippen molar-refractivity contribution in [2.75, 3.05) is 75.0 Å². The highest BCUT2D eigenvalue weighted by Gasteiger charge is 2.22. The quantitative estimate of drug-likeness (QED) is 0.0932. The minimum Gasteiger partial charge on any atom is -1.00 e. The Balaban J connectivity index is -0.00000578. The van der Waals surface area contributed by atoms with Crippen molar-refractivity contribution in [2.45, 2.75) is 109 Å². The Morgan fingerprint density at radius 2 is 0.919 bits per heavy atom. The highest BCUT2D eigenvalue weighted by molar-refractivity contribution is 4.81. The second-order valence-electron chi connectivity index (χ2n) is 13.0. The van der Waals surface area contributed by atoms with Gasteiger partial charge in [-0.2, -0.15) is 0 Å². The van der Waals surface area contributed by atoms with Crippen molar-refractivity contribution < 1.29 is 44.0 Å². The van der Waals surface area contributed by atoms with Crippen LogP contribution in [-0.4, -0.2) is 111 Å². The third-order valence-corrected chi connectivity index (χ3v) is 6.44. The monoisotopic (exact) mass is 569 g/mol. The van der Waals surface area contributed by atoms with E-state index in [1.165, 1.54) is 83.5 Å². The molecule has 0 aromatic rings. The molecule has 0 spiro atoms. The Morgan fingerprint density at radius 1 is 0.568 bits per heavy atom. The molecule has 0 aliphatic carbocycles. The smallest absolute Gasteiger partial charge is 0.115 e. The average molecular weight is 571 g/mol. The summed E-state index contributed by atoms with van der Waals surface area (Å²) < 4.78 is 1.51. The summed E-state index contributed by atoms with van der Waals surface area (Å²) in [5.41, 5.74) is 0. The minimum atomic E-state index is -0.361. The summed E-state index contributed by atoms with van der Waals surface area (Å²) in [6.07, 6.45) is 22.5. The van der Waals surface area contributed by atoms with Gasteiger partial charge in [-0.15, -0.1) is 0 Å². The molecule has 0 fully saturated rings. The van der Waals surface area contributed by atoms with Crippen molar-refractivity contribution >= 4 is 0 Å². The third kappa shape index (κ3) is 32.2. The largest absolute Gasteiger partial charge is 1.00 e. The van der Waals surface area contributed by atoms with Crippen molar-refractivity contribution in [2.24, 2.45) is 0 Å². The molecule has 2 atom stereocenters. The summed E-state index contributed by atoms with van der Waals surface area (Å²) in [5, 5.41) is 21.2. The van der Waals surface area contributed by atoms with Crippen LogP contribution < -0.4 is 24.8 Å². The highest BCUT2D eigenvalue weighted by atomic mass is 35.5. The van der Waals surface area contributed by atoms with Gasteiger partial charge in [-0.3, -0.25) is 4.90 Å². The maximum Gasteiger partial charge on any atom is 0.115 e. The molecule has 7 heteroatoms. The van der Waals surface area contributed by atoms with Crippen LogP contribution >= 0.6 is 0 Å². The van der Waals surface area contributed by atoms with Gasteiger partial charge in [-0.25, -0.2) is 0 Å². The maximum absolute atomic E-state index is 10.6. The maximum atomic E-state index is 10.6. The lowest BCUT2D eigenvalue weighted by molar-refractivity contribution is -0.873. The number of aliphatic hydroxyl groups excluding tert-OH is 2. The van der Waals surface area contributed by atoms with Gasteiger partial charge in [0, 0.05) is 13.1 Å². The first-order valence-electron chi connectivity index (χ1n) is 14.8. The number of hydrogen-bond donors (Lipinski definition) is 2. The van der Waals surface area contributed by atoms with Crippen LogP contribution in [0.2, 0.25) is 0 Å². The van der Waals surface area contributed by atoms with Gasteiger partial charge >= 0.3 is 0 Å². The summed E-state index contributed by atoms with van der Waals surface area (Å²) in [5.74, 6) is 0. The average Bonchev–Trinajstić information content (AvgIpc) is 2.70. The van der Waals surface area contributed by atoms with E-state index in [-0.39, 0.29) is 37.0 Å². The molecule has 0 aromatic heterocycles. The van der Waals surface area contributed by atoms with Crippen LogP contribution in [0.3, 0.4) is 0 Å². The Kier molecular flexibility index (Phi) is 28.2. The molecule has 0 radical (unpaired) electrons. The molecule has 0 saturated heterocycles. The van der Waals surface area contributed by atoms with Crippen molar-refractivity contribution in [3.63, 3.8) is 0 Å². The zero-order valence-corrected chi connectivity index (χ0v) is 27.2. The fraction of sp³-hybridized carbons (Fsp3) is 0.933. The molecule has 2 unspecified atom stereocenters. The van der Waals surface area contributed by atoms with Crippen LogP contribution in [-0.2, 0) is 0 Å². The minimum absolute atomic E-state index is 0. The van der Waals surface area contributed by atoms with E-state index in [0.29, 0.717) is 13.1 Å².